The van der Waals surface area contributed by atoms with E-state index < -0.39 is 0 Å². The number of aromatic nitrogens is 2. The molecule has 1 rings (SSSR count). The van der Waals surface area contributed by atoms with Crippen molar-refractivity contribution in [2.24, 2.45) is 0 Å². The Balaban J connectivity index is 3.10. The minimum Gasteiger partial charge on any atom is -0.282 e. The number of thiol groups is 1. The highest BCUT2D eigenvalue weighted by Crippen LogP contribution is 2.10. The molecule has 13 heavy (non-hydrogen) atoms. The lowest BCUT2D eigenvalue weighted by atomic mass is 10.1. The van der Waals surface area contributed by atoms with Crippen LogP contribution in [0, 0.1) is 6.92 Å². The smallest absolute Gasteiger partial charge is 0.219 e. The molecule has 0 radical (unpaired) electrons. The molecule has 0 bridgehead atoms. The molecule has 0 spiro atoms. The monoisotopic (exact) mass is 196 g/mol. The van der Waals surface area contributed by atoms with Gasteiger partial charge in [-0.25, -0.2) is 9.97 Å². The molecule has 0 aliphatic carbocycles. The molecule has 3 nitrogen and oxygen atoms in total. The van der Waals surface area contributed by atoms with Crippen LogP contribution >= 0.6 is 12.6 Å². The number of rotatable bonds is 3. The maximum Gasteiger partial charge on any atom is 0.219 e. The molecular weight excluding hydrogens is 184 g/mol. The molecule has 0 aliphatic rings. The standard InChI is InChI=1S/C9H12N2OS/c1-3-4-8-7(9(12)13)5-10-6(2)11-8/h5H,3-4H2,1-2H3,(H,12,13). The van der Waals surface area contributed by atoms with Gasteiger partial charge in [-0.15, -0.1) is 12.6 Å². The molecule has 1 heterocycles. The third kappa shape index (κ3) is 2.52. The van der Waals surface area contributed by atoms with Gasteiger partial charge in [-0.1, -0.05) is 13.3 Å². The van der Waals surface area contributed by atoms with Crippen molar-refractivity contribution in [3.63, 3.8) is 0 Å². The summed E-state index contributed by atoms with van der Waals surface area (Å²) in [4.78, 5) is 19.2. The molecule has 0 unspecified atom stereocenters. The maximum absolute atomic E-state index is 11.0. The van der Waals surface area contributed by atoms with Gasteiger partial charge in [0, 0.05) is 6.20 Å². The SMILES string of the molecule is CCCc1nc(C)ncc1C(=O)S. The normalized spacial score (nSPS) is 10.1. The highest BCUT2D eigenvalue weighted by atomic mass is 32.1. The second-order valence-corrected chi connectivity index (χ2v) is 3.24. The van der Waals surface area contributed by atoms with Crippen LogP contribution in [-0.2, 0) is 6.42 Å². The van der Waals surface area contributed by atoms with E-state index in [1.54, 1.807) is 6.20 Å². The van der Waals surface area contributed by atoms with Crippen LogP contribution in [0.1, 0.15) is 35.2 Å². The molecule has 0 N–H and O–H groups in total. The van der Waals surface area contributed by atoms with Crippen LogP contribution in [0.15, 0.2) is 6.20 Å². The molecule has 1 aromatic rings. The topological polar surface area (TPSA) is 42.9 Å². The molecule has 70 valence electrons. The average molecular weight is 196 g/mol. The molecule has 0 saturated heterocycles. The number of nitrogens with zero attached hydrogens (tertiary/aromatic N) is 2. The lowest BCUT2D eigenvalue weighted by Gasteiger charge is -2.03. The van der Waals surface area contributed by atoms with E-state index in [0.29, 0.717) is 11.4 Å². The van der Waals surface area contributed by atoms with E-state index >= 15 is 0 Å². The Kier molecular flexibility index (Phi) is 3.42. The summed E-state index contributed by atoms with van der Waals surface area (Å²) in [5, 5.41) is -0.261. The van der Waals surface area contributed by atoms with Gasteiger partial charge in [0.05, 0.1) is 11.3 Å². The van der Waals surface area contributed by atoms with Crippen molar-refractivity contribution in [3.8, 4) is 0 Å². The number of carbonyl (C=O) groups is 1. The number of aryl methyl sites for hydroxylation is 2. The van der Waals surface area contributed by atoms with Gasteiger partial charge in [0.2, 0.25) is 5.12 Å². The minimum absolute atomic E-state index is 0.261. The van der Waals surface area contributed by atoms with Gasteiger partial charge in [-0.05, 0) is 13.3 Å². The van der Waals surface area contributed by atoms with Crippen LogP contribution in [0.2, 0.25) is 0 Å². The molecule has 0 saturated carbocycles. The van der Waals surface area contributed by atoms with Gasteiger partial charge >= 0.3 is 0 Å². The molecule has 0 fully saturated rings. The Labute approximate surface area is 83.0 Å². The van der Waals surface area contributed by atoms with Crippen LogP contribution in [0.5, 0.6) is 0 Å². The van der Waals surface area contributed by atoms with Crippen LogP contribution in [0.25, 0.3) is 0 Å². The van der Waals surface area contributed by atoms with Gasteiger partial charge in [0.1, 0.15) is 5.82 Å². The van der Waals surface area contributed by atoms with E-state index in [1.165, 1.54) is 0 Å². The predicted molar refractivity (Wildman–Crippen MR) is 54.1 cm³/mol. The molecule has 0 aliphatic heterocycles. The highest BCUT2D eigenvalue weighted by molar-refractivity contribution is 7.97. The van der Waals surface area contributed by atoms with Crippen molar-refractivity contribution in [1.82, 2.24) is 9.97 Å². The first-order valence-corrected chi connectivity index (χ1v) is 4.65. The second kappa shape index (κ2) is 4.37. The Morgan fingerprint density at radius 2 is 2.31 bits per heavy atom. The van der Waals surface area contributed by atoms with Crippen molar-refractivity contribution in [2.45, 2.75) is 26.7 Å². The van der Waals surface area contributed by atoms with E-state index in [2.05, 4.69) is 22.6 Å². The third-order valence-corrected chi connectivity index (χ3v) is 1.95. The summed E-state index contributed by atoms with van der Waals surface area (Å²) >= 11 is 3.77. The maximum atomic E-state index is 11.0. The van der Waals surface area contributed by atoms with Crippen molar-refractivity contribution in [1.29, 1.82) is 0 Å². The molecule has 0 amide bonds. The summed E-state index contributed by atoms with van der Waals surface area (Å²) in [6, 6.07) is 0. The fraction of sp³-hybridized carbons (Fsp3) is 0.444. The average Bonchev–Trinajstić information content (AvgIpc) is 2.04. The Hall–Kier alpha value is -0.900. The van der Waals surface area contributed by atoms with E-state index in [-0.39, 0.29) is 5.12 Å². The van der Waals surface area contributed by atoms with Crippen LogP contribution < -0.4 is 0 Å². The van der Waals surface area contributed by atoms with Crippen molar-refractivity contribution >= 4 is 17.7 Å². The van der Waals surface area contributed by atoms with E-state index in [4.69, 9.17) is 0 Å². The quantitative estimate of drug-likeness (QED) is 0.750. The predicted octanol–water partition coefficient (Wildman–Crippen LogP) is 1.81. The first-order chi connectivity index (χ1) is 6.15. The number of hydrogen-bond acceptors (Lipinski definition) is 3. The van der Waals surface area contributed by atoms with Crippen LogP contribution in [-0.4, -0.2) is 15.1 Å². The summed E-state index contributed by atoms with van der Waals surface area (Å²) in [7, 11) is 0. The summed E-state index contributed by atoms with van der Waals surface area (Å²) in [5.41, 5.74) is 1.32. The largest absolute Gasteiger partial charge is 0.282 e. The van der Waals surface area contributed by atoms with Gasteiger partial charge in [-0.3, -0.25) is 4.79 Å². The fourth-order valence-corrected chi connectivity index (χ4v) is 1.31. The molecule has 4 heteroatoms. The van der Waals surface area contributed by atoms with Gasteiger partial charge < -0.3 is 0 Å². The summed E-state index contributed by atoms with van der Waals surface area (Å²) in [6.07, 6.45) is 3.30. The lowest BCUT2D eigenvalue weighted by Crippen LogP contribution is -2.04. The van der Waals surface area contributed by atoms with Crippen molar-refractivity contribution in [2.75, 3.05) is 0 Å². The fourth-order valence-electron chi connectivity index (χ4n) is 1.12. The highest BCUT2D eigenvalue weighted by Gasteiger charge is 2.09. The van der Waals surface area contributed by atoms with E-state index in [0.717, 1.165) is 18.5 Å². The molecular formula is C9H12N2OS. The zero-order valence-corrected chi connectivity index (χ0v) is 8.64. The third-order valence-electron chi connectivity index (χ3n) is 1.71. The molecule has 0 atom stereocenters. The number of hydrogen-bond donors (Lipinski definition) is 1. The first kappa shape index (κ1) is 10.2. The second-order valence-electron chi connectivity index (χ2n) is 2.83. The summed E-state index contributed by atoms with van der Waals surface area (Å²) in [6.45, 7) is 3.86. The van der Waals surface area contributed by atoms with Crippen molar-refractivity contribution in [3.05, 3.63) is 23.3 Å². The zero-order chi connectivity index (χ0) is 9.84. The zero-order valence-electron chi connectivity index (χ0n) is 7.74. The van der Waals surface area contributed by atoms with Gasteiger partial charge in [0.25, 0.3) is 0 Å². The van der Waals surface area contributed by atoms with E-state index in [9.17, 15) is 4.79 Å². The number of carbonyl (C=O) groups excluding carboxylic acids is 1. The van der Waals surface area contributed by atoms with Gasteiger partial charge in [-0.2, -0.15) is 0 Å². The van der Waals surface area contributed by atoms with E-state index in [1.807, 2.05) is 13.8 Å². The lowest BCUT2D eigenvalue weighted by molar-refractivity contribution is 0.108. The Bertz CT molecular complexity index is 325. The molecule has 1 aromatic heterocycles. The van der Waals surface area contributed by atoms with Crippen molar-refractivity contribution < 1.29 is 4.79 Å². The minimum atomic E-state index is -0.261. The Morgan fingerprint density at radius 3 is 2.85 bits per heavy atom. The van der Waals surface area contributed by atoms with Crippen LogP contribution in [0.4, 0.5) is 0 Å². The summed E-state index contributed by atoms with van der Waals surface area (Å²) < 4.78 is 0. The summed E-state index contributed by atoms with van der Waals surface area (Å²) in [5.74, 6) is 0.696. The first-order valence-electron chi connectivity index (χ1n) is 4.21. The molecule has 0 aromatic carbocycles. The van der Waals surface area contributed by atoms with Gasteiger partial charge in [0.15, 0.2) is 0 Å². The Morgan fingerprint density at radius 1 is 1.62 bits per heavy atom. The van der Waals surface area contributed by atoms with Crippen LogP contribution in [0.3, 0.4) is 0 Å².